The summed E-state index contributed by atoms with van der Waals surface area (Å²) in [6.45, 7) is 3.86. The van der Waals surface area contributed by atoms with Crippen LogP contribution in [0.1, 0.15) is 18.4 Å². The zero-order valence-electron chi connectivity index (χ0n) is 9.61. The second kappa shape index (κ2) is 6.63. The molecule has 1 aromatic rings. The molecule has 1 unspecified atom stereocenters. The van der Waals surface area contributed by atoms with Gasteiger partial charge in [-0.25, -0.2) is 5.48 Å². The summed E-state index contributed by atoms with van der Waals surface area (Å²) in [6, 6.07) is 10.2. The quantitative estimate of drug-likeness (QED) is 0.585. The third-order valence-electron chi connectivity index (χ3n) is 2.95. The van der Waals surface area contributed by atoms with E-state index < -0.39 is 0 Å². The zero-order chi connectivity index (χ0) is 11.1. The SMILES string of the molecule is c1ccc(CONCC2CCCNC2)cc1. The van der Waals surface area contributed by atoms with E-state index in [4.69, 9.17) is 4.84 Å². The predicted octanol–water partition coefficient (Wildman–Crippen LogP) is 1.71. The number of hydrogen-bond donors (Lipinski definition) is 2. The number of rotatable bonds is 5. The molecule has 1 aliphatic heterocycles. The lowest BCUT2D eigenvalue weighted by atomic mass is 10.0. The fourth-order valence-corrected chi connectivity index (χ4v) is 1.98. The first kappa shape index (κ1) is 11.6. The van der Waals surface area contributed by atoms with Crippen LogP contribution in [0.25, 0.3) is 0 Å². The van der Waals surface area contributed by atoms with Crippen molar-refractivity contribution in [3.63, 3.8) is 0 Å². The summed E-state index contributed by atoms with van der Waals surface area (Å²) in [5.41, 5.74) is 4.27. The minimum absolute atomic E-state index is 0.640. The summed E-state index contributed by atoms with van der Waals surface area (Å²) in [4.78, 5) is 5.44. The van der Waals surface area contributed by atoms with E-state index in [1.807, 2.05) is 18.2 Å². The van der Waals surface area contributed by atoms with E-state index in [2.05, 4.69) is 22.9 Å². The Balaban J connectivity index is 1.58. The first-order chi connectivity index (χ1) is 7.95. The molecule has 0 saturated carbocycles. The molecular formula is C13H20N2O. The molecule has 1 fully saturated rings. The van der Waals surface area contributed by atoms with Crippen LogP contribution in [0.15, 0.2) is 30.3 Å². The molecule has 88 valence electrons. The molecule has 0 aromatic heterocycles. The maximum atomic E-state index is 5.44. The van der Waals surface area contributed by atoms with Gasteiger partial charge >= 0.3 is 0 Å². The zero-order valence-corrected chi connectivity index (χ0v) is 9.61. The van der Waals surface area contributed by atoms with Gasteiger partial charge in [-0.15, -0.1) is 0 Å². The van der Waals surface area contributed by atoms with Gasteiger partial charge in [-0.1, -0.05) is 30.3 Å². The van der Waals surface area contributed by atoms with Crippen LogP contribution in [0, 0.1) is 5.92 Å². The Bertz CT molecular complexity index is 283. The van der Waals surface area contributed by atoms with Gasteiger partial charge in [0.05, 0.1) is 6.61 Å². The first-order valence-electron chi connectivity index (χ1n) is 6.04. The van der Waals surface area contributed by atoms with Crippen LogP contribution in [-0.4, -0.2) is 19.6 Å². The van der Waals surface area contributed by atoms with Gasteiger partial charge < -0.3 is 5.32 Å². The number of hydroxylamine groups is 1. The minimum Gasteiger partial charge on any atom is -0.316 e. The number of piperidine rings is 1. The Labute approximate surface area is 97.1 Å². The second-order valence-electron chi connectivity index (χ2n) is 4.34. The van der Waals surface area contributed by atoms with Crippen molar-refractivity contribution in [1.82, 2.24) is 10.8 Å². The molecule has 3 heteroatoms. The van der Waals surface area contributed by atoms with E-state index in [0.29, 0.717) is 12.5 Å². The molecule has 0 amide bonds. The highest BCUT2D eigenvalue weighted by atomic mass is 16.6. The fraction of sp³-hybridized carbons (Fsp3) is 0.538. The van der Waals surface area contributed by atoms with Crippen molar-refractivity contribution in [2.45, 2.75) is 19.4 Å². The third-order valence-corrected chi connectivity index (χ3v) is 2.95. The summed E-state index contributed by atoms with van der Waals surface area (Å²) in [7, 11) is 0. The van der Waals surface area contributed by atoms with E-state index >= 15 is 0 Å². The van der Waals surface area contributed by atoms with Crippen LogP contribution in [0.3, 0.4) is 0 Å². The van der Waals surface area contributed by atoms with Gasteiger partial charge in [-0.2, -0.15) is 0 Å². The van der Waals surface area contributed by atoms with Crippen molar-refractivity contribution in [2.24, 2.45) is 5.92 Å². The van der Waals surface area contributed by atoms with Gasteiger partial charge in [-0.3, -0.25) is 4.84 Å². The predicted molar refractivity (Wildman–Crippen MR) is 64.8 cm³/mol. The number of benzene rings is 1. The molecule has 3 nitrogen and oxygen atoms in total. The lowest BCUT2D eigenvalue weighted by Crippen LogP contribution is -2.36. The van der Waals surface area contributed by atoms with Crippen molar-refractivity contribution in [1.29, 1.82) is 0 Å². The van der Waals surface area contributed by atoms with Gasteiger partial charge in [0.1, 0.15) is 0 Å². The molecule has 0 bridgehead atoms. The minimum atomic E-state index is 0.640. The molecule has 1 atom stereocenters. The van der Waals surface area contributed by atoms with Gasteiger partial charge in [0.2, 0.25) is 0 Å². The maximum Gasteiger partial charge on any atom is 0.0933 e. The van der Waals surface area contributed by atoms with Crippen LogP contribution in [0.5, 0.6) is 0 Å². The van der Waals surface area contributed by atoms with Gasteiger partial charge in [0, 0.05) is 6.54 Å². The lowest BCUT2D eigenvalue weighted by Gasteiger charge is -2.22. The first-order valence-corrected chi connectivity index (χ1v) is 6.04. The topological polar surface area (TPSA) is 33.3 Å². The molecule has 16 heavy (non-hydrogen) atoms. The Morgan fingerprint density at radius 3 is 2.94 bits per heavy atom. The summed E-state index contributed by atoms with van der Waals surface area (Å²) in [6.07, 6.45) is 2.58. The molecule has 1 aliphatic rings. The molecule has 0 aliphatic carbocycles. The van der Waals surface area contributed by atoms with Crippen LogP contribution >= 0.6 is 0 Å². The fourth-order valence-electron chi connectivity index (χ4n) is 1.98. The van der Waals surface area contributed by atoms with Crippen molar-refractivity contribution in [2.75, 3.05) is 19.6 Å². The van der Waals surface area contributed by atoms with Crippen molar-refractivity contribution < 1.29 is 4.84 Å². The Hall–Kier alpha value is -0.900. The highest BCUT2D eigenvalue weighted by Gasteiger charge is 2.11. The summed E-state index contributed by atoms with van der Waals surface area (Å²) >= 11 is 0. The van der Waals surface area contributed by atoms with Crippen LogP contribution in [-0.2, 0) is 11.4 Å². The summed E-state index contributed by atoms with van der Waals surface area (Å²) < 4.78 is 0. The van der Waals surface area contributed by atoms with E-state index in [1.165, 1.54) is 24.9 Å². The number of nitrogens with one attached hydrogen (secondary N) is 2. The monoisotopic (exact) mass is 220 g/mol. The highest BCUT2D eigenvalue weighted by molar-refractivity contribution is 5.13. The average Bonchev–Trinajstić information content (AvgIpc) is 2.37. The molecule has 1 heterocycles. The maximum absolute atomic E-state index is 5.44. The average molecular weight is 220 g/mol. The highest BCUT2D eigenvalue weighted by Crippen LogP contribution is 2.08. The lowest BCUT2D eigenvalue weighted by molar-refractivity contribution is 0.0176. The summed E-state index contributed by atoms with van der Waals surface area (Å²) in [5, 5.41) is 3.40. The standard InChI is InChI=1S/C13H20N2O/c1-2-5-12(6-3-1)11-16-15-10-13-7-4-8-14-9-13/h1-3,5-6,13-15H,4,7-11H2. The Morgan fingerprint density at radius 1 is 1.31 bits per heavy atom. The van der Waals surface area contributed by atoms with E-state index in [-0.39, 0.29) is 0 Å². The molecule has 2 N–H and O–H groups in total. The van der Waals surface area contributed by atoms with Crippen LogP contribution in [0.4, 0.5) is 0 Å². The Morgan fingerprint density at radius 2 is 2.19 bits per heavy atom. The van der Waals surface area contributed by atoms with E-state index in [1.54, 1.807) is 0 Å². The van der Waals surface area contributed by atoms with Gasteiger partial charge in [0.25, 0.3) is 0 Å². The Kier molecular flexibility index (Phi) is 4.80. The van der Waals surface area contributed by atoms with Crippen molar-refractivity contribution in [3.8, 4) is 0 Å². The van der Waals surface area contributed by atoms with Crippen LogP contribution < -0.4 is 10.8 Å². The van der Waals surface area contributed by atoms with Crippen molar-refractivity contribution >= 4 is 0 Å². The van der Waals surface area contributed by atoms with E-state index in [9.17, 15) is 0 Å². The van der Waals surface area contributed by atoms with Crippen LogP contribution in [0.2, 0.25) is 0 Å². The number of hydrogen-bond acceptors (Lipinski definition) is 3. The third kappa shape index (κ3) is 3.93. The molecule has 1 aromatic carbocycles. The summed E-state index contributed by atoms with van der Waals surface area (Å²) in [5.74, 6) is 0.713. The molecule has 2 rings (SSSR count). The van der Waals surface area contributed by atoms with Crippen molar-refractivity contribution in [3.05, 3.63) is 35.9 Å². The molecule has 1 saturated heterocycles. The molecule has 0 spiro atoms. The molecule has 0 radical (unpaired) electrons. The van der Waals surface area contributed by atoms with E-state index in [0.717, 1.165) is 13.1 Å². The van der Waals surface area contributed by atoms with Gasteiger partial charge in [0.15, 0.2) is 0 Å². The second-order valence-corrected chi connectivity index (χ2v) is 4.34. The molecular weight excluding hydrogens is 200 g/mol. The van der Waals surface area contributed by atoms with Gasteiger partial charge in [-0.05, 0) is 37.4 Å². The smallest absolute Gasteiger partial charge is 0.0933 e. The largest absolute Gasteiger partial charge is 0.316 e. The normalized spacial score (nSPS) is 20.9.